The summed E-state index contributed by atoms with van der Waals surface area (Å²) in [7, 11) is 0. The molecule has 0 amide bonds. The van der Waals surface area contributed by atoms with Gasteiger partial charge < -0.3 is 19.5 Å². The summed E-state index contributed by atoms with van der Waals surface area (Å²) in [5.41, 5.74) is 4.74. The Kier molecular flexibility index (Phi) is 7.09. The molecule has 1 unspecified atom stereocenters. The van der Waals surface area contributed by atoms with E-state index < -0.39 is 0 Å². The Labute approximate surface area is 168 Å². The van der Waals surface area contributed by atoms with Crippen molar-refractivity contribution in [3.05, 3.63) is 52.4 Å². The third kappa shape index (κ3) is 4.93. The van der Waals surface area contributed by atoms with E-state index in [-0.39, 0.29) is 6.10 Å². The molecule has 1 aliphatic heterocycles. The summed E-state index contributed by atoms with van der Waals surface area (Å²) in [6.07, 6.45) is 2.00. The number of nitrogens with zero attached hydrogens (tertiary/aromatic N) is 3. The summed E-state index contributed by atoms with van der Waals surface area (Å²) in [5.74, 6) is 1.89. The van der Waals surface area contributed by atoms with Crippen LogP contribution in [-0.4, -0.2) is 48.8 Å². The minimum Gasteiger partial charge on any atom is -0.370 e. The van der Waals surface area contributed by atoms with Crippen LogP contribution in [0.15, 0.2) is 33.8 Å². The maximum atomic E-state index is 6.06. The molecule has 1 fully saturated rings. The van der Waals surface area contributed by atoms with Crippen LogP contribution in [0.2, 0.25) is 0 Å². The van der Waals surface area contributed by atoms with E-state index >= 15 is 0 Å². The van der Waals surface area contributed by atoms with E-state index in [9.17, 15) is 0 Å². The first kappa shape index (κ1) is 20.4. The number of nitrogens with one attached hydrogen (secondary N) is 1. The van der Waals surface area contributed by atoms with Gasteiger partial charge in [-0.3, -0.25) is 4.99 Å². The molecule has 1 aliphatic rings. The summed E-state index contributed by atoms with van der Waals surface area (Å²) < 4.78 is 11.3. The van der Waals surface area contributed by atoms with Crippen LogP contribution in [0.4, 0.5) is 0 Å². The van der Waals surface area contributed by atoms with Gasteiger partial charge in [0.25, 0.3) is 0 Å². The molecule has 1 atom stereocenters. The topological polar surface area (TPSA) is 62.9 Å². The molecule has 0 radical (unpaired) electrons. The van der Waals surface area contributed by atoms with Gasteiger partial charge in [0.05, 0.1) is 18.8 Å². The van der Waals surface area contributed by atoms with Crippen molar-refractivity contribution in [2.75, 3.05) is 32.8 Å². The molecule has 152 valence electrons. The van der Waals surface area contributed by atoms with Gasteiger partial charge in [0.1, 0.15) is 11.9 Å². The van der Waals surface area contributed by atoms with Crippen molar-refractivity contribution >= 4 is 5.96 Å². The third-order valence-electron chi connectivity index (χ3n) is 5.26. The molecule has 0 saturated carbocycles. The molecule has 28 heavy (non-hydrogen) atoms. The van der Waals surface area contributed by atoms with Crippen LogP contribution in [0.25, 0.3) is 0 Å². The van der Waals surface area contributed by atoms with E-state index in [0.29, 0.717) is 6.61 Å². The van der Waals surface area contributed by atoms with Crippen molar-refractivity contribution in [2.24, 2.45) is 4.99 Å². The Morgan fingerprint density at radius 3 is 2.82 bits per heavy atom. The largest absolute Gasteiger partial charge is 0.370 e. The smallest absolute Gasteiger partial charge is 0.194 e. The number of morpholine rings is 1. The van der Waals surface area contributed by atoms with Crippen molar-refractivity contribution in [1.82, 2.24) is 15.4 Å². The Morgan fingerprint density at radius 1 is 1.29 bits per heavy atom. The van der Waals surface area contributed by atoms with E-state index in [1.165, 1.54) is 16.7 Å². The highest BCUT2D eigenvalue weighted by atomic mass is 16.5. The van der Waals surface area contributed by atoms with Crippen LogP contribution in [0.3, 0.4) is 0 Å². The summed E-state index contributed by atoms with van der Waals surface area (Å²) in [6.45, 7) is 12.3. The van der Waals surface area contributed by atoms with Gasteiger partial charge in [-0.1, -0.05) is 29.4 Å². The number of hydrogen-bond donors (Lipinski definition) is 1. The number of rotatable bonds is 6. The molecule has 1 aromatic heterocycles. The predicted molar refractivity (Wildman–Crippen MR) is 112 cm³/mol. The van der Waals surface area contributed by atoms with E-state index in [2.05, 4.69) is 53.5 Å². The fourth-order valence-electron chi connectivity index (χ4n) is 3.70. The van der Waals surface area contributed by atoms with Gasteiger partial charge in [0, 0.05) is 25.2 Å². The van der Waals surface area contributed by atoms with Crippen molar-refractivity contribution in [1.29, 1.82) is 0 Å². The Bertz CT molecular complexity index is 780. The molecule has 1 saturated heterocycles. The van der Waals surface area contributed by atoms with Gasteiger partial charge in [-0.2, -0.15) is 0 Å². The number of aliphatic imine (C=N–C) groups is 1. The van der Waals surface area contributed by atoms with Crippen molar-refractivity contribution < 1.29 is 9.26 Å². The zero-order valence-corrected chi connectivity index (χ0v) is 17.5. The van der Waals surface area contributed by atoms with Crippen LogP contribution in [0.1, 0.15) is 47.6 Å². The van der Waals surface area contributed by atoms with Gasteiger partial charge in [-0.15, -0.1) is 0 Å². The van der Waals surface area contributed by atoms with Gasteiger partial charge in [-0.05, 0) is 51.7 Å². The first-order valence-corrected chi connectivity index (χ1v) is 10.2. The number of aromatic nitrogens is 1. The molecule has 1 aromatic carbocycles. The zero-order chi connectivity index (χ0) is 19.9. The highest BCUT2D eigenvalue weighted by Crippen LogP contribution is 2.25. The molecule has 2 aromatic rings. The third-order valence-corrected chi connectivity index (χ3v) is 5.26. The average Bonchev–Trinajstić information content (AvgIpc) is 3.02. The van der Waals surface area contributed by atoms with E-state index in [1.54, 1.807) is 0 Å². The van der Waals surface area contributed by atoms with Crippen LogP contribution >= 0.6 is 0 Å². The van der Waals surface area contributed by atoms with Crippen molar-refractivity contribution in [3.63, 3.8) is 0 Å². The summed E-state index contributed by atoms with van der Waals surface area (Å²) >= 11 is 0. The zero-order valence-electron chi connectivity index (χ0n) is 17.5. The SMILES string of the molecule is CCNC(=NCCCc1c(C)noc1C)N1CCOC(c2ccccc2C)C1. The lowest BCUT2D eigenvalue weighted by Crippen LogP contribution is -2.48. The fraction of sp³-hybridized carbons (Fsp3) is 0.545. The average molecular weight is 385 g/mol. The quantitative estimate of drug-likeness (QED) is 0.469. The molecule has 6 heteroatoms. The lowest BCUT2D eigenvalue weighted by Gasteiger charge is -2.35. The molecular weight excluding hydrogens is 352 g/mol. The molecule has 0 spiro atoms. The summed E-state index contributed by atoms with van der Waals surface area (Å²) in [4.78, 5) is 7.19. The van der Waals surface area contributed by atoms with Crippen LogP contribution < -0.4 is 5.32 Å². The van der Waals surface area contributed by atoms with Crippen molar-refractivity contribution in [3.8, 4) is 0 Å². The first-order valence-electron chi connectivity index (χ1n) is 10.2. The Hall–Kier alpha value is -2.34. The van der Waals surface area contributed by atoms with Crippen LogP contribution in [0.5, 0.6) is 0 Å². The Balaban J connectivity index is 1.62. The molecule has 2 heterocycles. The summed E-state index contributed by atoms with van der Waals surface area (Å²) in [5, 5.41) is 7.48. The molecule has 6 nitrogen and oxygen atoms in total. The second-order valence-corrected chi connectivity index (χ2v) is 7.30. The van der Waals surface area contributed by atoms with Crippen LogP contribution in [0, 0.1) is 20.8 Å². The predicted octanol–water partition coefficient (Wildman–Crippen LogP) is 3.57. The lowest BCUT2D eigenvalue weighted by molar-refractivity contribution is -0.00832. The Morgan fingerprint density at radius 2 is 2.11 bits per heavy atom. The monoisotopic (exact) mass is 384 g/mol. The van der Waals surface area contributed by atoms with Gasteiger partial charge in [-0.25, -0.2) is 0 Å². The molecule has 3 rings (SSSR count). The normalized spacial score (nSPS) is 17.8. The first-order chi connectivity index (χ1) is 13.6. The lowest BCUT2D eigenvalue weighted by atomic mass is 10.0. The van der Waals surface area contributed by atoms with E-state index in [4.69, 9.17) is 14.3 Å². The minimum atomic E-state index is 0.0844. The highest BCUT2D eigenvalue weighted by Gasteiger charge is 2.25. The van der Waals surface area contributed by atoms with Gasteiger partial charge in [0.15, 0.2) is 5.96 Å². The van der Waals surface area contributed by atoms with E-state index in [0.717, 1.165) is 56.4 Å². The number of hydrogen-bond acceptors (Lipinski definition) is 4. The second-order valence-electron chi connectivity index (χ2n) is 7.30. The number of guanidine groups is 1. The molecule has 0 aliphatic carbocycles. The maximum absolute atomic E-state index is 6.06. The van der Waals surface area contributed by atoms with Crippen molar-refractivity contribution in [2.45, 2.75) is 46.6 Å². The second kappa shape index (κ2) is 9.73. The molecule has 0 bridgehead atoms. The minimum absolute atomic E-state index is 0.0844. The summed E-state index contributed by atoms with van der Waals surface area (Å²) in [6, 6.07) is 8.46. The number of benzene rings is 1. The van der Waals surface area contributed by atoms with Gasteiger partial charge in [0.2, 0.25) is 0 Å². The highest BCUT2D eigenvalue weighted by molar-refractivity contribution is 5.80. The maximum Gasteiger partial charge on any atom is 0.194 e. The molecular formula is C22H32N4O2. The number of aryl methyl sites for hydroxylation is 3. The number of ether oxygens (including phenoxy) is 1. The standard InChI is InChI=1S/C22H32N4O2/c1-5-23-22(24-12-8-11-20-17(3)25-28-18(20)4)26-13-14-27-21(15-26)19-10-7-6-9-16(19)2/h6-7,9-10,21H,5,8,11-15H2,1-4H3,(H,23,24). The van der Waals surface area contributed by atoms with Crippen LogP contribution in [-0.2, 0) is 11.2 Å². The van der Waals surface area contributed by atoms with E-state index in [1.807, 2.05) is 13.8 Å². The molecule has 1 N–H and O–H groups in total. The fourth-order valence-corrected chi connectivity index (χ4v) is 3.70. The van der Waals surface area contributed by atoms with Gasteiger partial charge >= 0.3 is 0 Å².